The number of hydrogen-bond donors (Lipinski definition) is 2. The van der Waals surface area contributed by atoms with Crippen molar-refractivity contribution in [1.29, 1.82) is 0 Å². The normalized spacial score (nSPS) is 30.4. The third-order valence-electron chi connectivity index (χ3n) is 5.44. The Morgan fingerprint density at radius 3 is 2.35 bits per heavy atom. The maximum atomic E-state index is 11.0. The molecule has 3 unspecified atom stereocenters. The van der Waals surface area contributed by atoms with E-state index in [0.717, 1.165) is 37.8 Å². The molecule has 128 valence electrons. The van der Waals surface area contributed by atoms with Gasteiger partial charge in [-0.2, -0.15) is 0 Å². The molecule has 3 atom stereocenters. The first-order chi connectivity index (χ1) is 11.1. The lowest BCUT2D eigenvalue weighted by molar-refractivity contribution is -0.0861. The van der Waals surface area contributed by atoms with E-state index in [2.05, 4.69) is 5.32 Å². The average molecular weight is 321 g/mol. The highest BCUT2D eigenvalue weighted by molar-refractivity contribution is 5.54. The molecule has 1 aliphatic heterocycles. The fourth-order valence-electron chi connectivity index (χ4n) is 4.25. The number of nitrogens with one attached hydrogen (secondary N) is 1. The van der Waals surface area contributed by atoms with Gasteiger partial charge in [-0.25, -0.2) is 0 Å². The van der Waals surface area contributed by atoms with Gasteiger partial charge in [0.05, 0.1) is 26.9 Å². The monoisotopic (exact) mass is 321 g/mol. The molecule has 1 aromatic carbocycles. The molecule has 1 heterocycles. The van der Waals surface area contributed by atoms with Gasteiger partial charge in [0, 0.05) is 12.0 Å². The molecule has 5 nitrogen and oxygen atoms in total. The first-order valence-electron chi connectivity index (χ1n) is 8.38. The number of hydrogen-bond acceptors (Lipinski definition) is 5. The van der Waals surface area contributed by atoms with E-state index in [1.807, 2.05) is 12.1 Å². The predicted octanol–water partition coefficient (Wildman–Crippen LogP) is 2.67. The second kappa shape index (κ2) is 6.57. The van der Waals surface area contributed by atoms with Gasteiger partial charge >= 0.3 is 0 Å². The minimum Gasteiger partial charge on any atom is -0.493 e. The van der Waals surface area contributed by atoms with Crippen LogP contribution < -0.4 is 19.5 Å². The van der Waals surface area contributed by atoms with Crippen molar-refractivity contribution in [2.45, 2.75) is 43.7 Å². The molecule has 2 fully saturated rings. The van der Waals surface area contributed by atoms with E-state index in [1.165, 1.54) is 6.42 Å². The van der Waals surface area contributed by atoms with Crippen LogP contribution in [0.1, 0.15) is 43.7 Å². The van der Waals surface area contributed by atoms with E-state index in [-0.39, 0.29) is 12.0 Å². The van der Waals surface area contributed by atoms with Crippen molar-refractivity contribution in [3.05, 3.63) is 17.7 Å². The molecule has 1 saturated carbocycles. The summed E-state index contributed by atoms with van der Waals surface area (Å²) in [6.45, 7) is 0.828. The molecule has 0 amide bonds. The highest BCUT2D eigenvalue weighted by atomic mass is 16.5. The zero-order valence-corrected chi connectivity index (χ0v) is 14.2. The molecule has 1 aromatic rings. The number of piperidine rings is 1. The summed E-state index contributed by atoms with van der Waals surface area (Å²) >= 11 is 0. The maximum Gasteiger partial charge on any atom is 0.203 e. The van der Waals surface area contributed by atoms with E-state index >= 15 is 0 Å². The Kier molecular flexibility index (Phi) is 4.69. The minimum absolute atomic E-state index is 0.114. The van der Waals surface area contributed by atoms with Crippen LogP contribution in [0.5, 0.6) is 17.2 Å². The van der Waals surface area contributed by atoms with Crippen LogP contribution in [0, 0.1) is 5.92 Å². The third-order valence-corrected chi connectivity index (χ3v) is 5.44. The molecule has 1 aliphatic carbocycles. The van der Waals surface area contributed by atoms with Gasteiger partial charge in [-0.05, 0) is 43.5 Å². The number of aliphatic hydroxyl groups is 1. The van der Waals surface area contributed by atoms with Crippen LogP contribution in [0.25, 0.3) is 0 Å². The summed E-state index contributed by atoms with van der Waals surface area (Å²) in [6, 6.07) is 4.11. The summed E-state index contributed by atoms with van der Waals surface area (Å²) in [5, 5.41) is 14.6. The first kappa shape index (κ1) is 16.4. The Balaban J connectivity index is 2.00. The topological polar surface area (TPSA) is 60.0 Å². The van der Waals surface area contributed by atoms with Gasteiger partial charge in [-0.15, -0.1) is 0 Å². The highest BCUT2D eigenvalue weighted by Crippen LogP contribution is 2.48. The van der Waals surface area contributed by atoms with E-state index in [0.29, 0.717) is 17.2 Å². The zero-order valence-electron chi connectivity index (χ0n) is 14.2. The molecule has 2 aliphatic rings. The van der Waals surface area contributed by atoms with Crippen molar-refractivity contribution in [3.8, 4) is 17.2 Å². The molecule has 0 bridgehead atoms. The zero-order chi connectivity index (χ0) is 16.4. The van der Waals surface area contributed by atoms with Crippen molar-refractivity contribution in [2.75, 3.05) is 27.9 Å². The molecule has 23 heavy (non-hydrogen) atoms. The fourth-order valence-corrected chi connectivity index (χ4v) is 4.25. The van der Waals surface area contributed by atoms with Crippen LogP contribution in [0.3, 0.4) is 0 Å². The maximum absolute atomic E-state index is 11.0. The molecule has 5 heteroatoms. The van der Waals surface area contributed by atoms with E-state index < -0.39 is 5.60 Å². The van der Waals surface area contributed by atoms with Gasteiger partial charge in [-0.3, -0.25) is 0 Å². The summed E-state index contributed by atoms with van der Waals surface area (Å²) in [4.78, 5) is 0. The van der Waals surface area contributed by atoms with E-state index in [9.17, 15) is 5.11 Å². The van der Waals surface area contributed by atoms with Crippen LogP contribution >= 0.6 is 0 Å². The second-order valence-corrected chi connectivity index (χ2v) is 6.60. The van der Waals surface area contributed by atoms with Crippen molar-refractivity contribution in [1.82, 2.24) is 5.32 Å². The van der Waals surface area contributed by atoms with Crippen molar-refractivity contribution < 1.29 is 19.3 Å². The predicted molar refractivity (Wildman–Crippen MR) is 88.4 cm³/mol. The molecular formula is C18H27NO4. The molecule has 1 saturated heterocycles. The fraction of sp³-hybridized carbons (Fsp3) is 0.667. The minimum atomic E-state index is -0.547. The van der Waals surface area contributed by atoms with Gasteiger partial charge in [0.1, 0.15) is 0 Å². The second-order valence-electron chi connectivity index (χ2n) is 6.60. The van der Waals surface area contributed by atoms with E-state index in [1.54, 1.807) is 21.3 Å². The number of fused-ring (bicyclic) bond motifs is 1. The molecule has 0 aromatic heterocycles. The number of benzene rings is 1. The van der Waals surface area contributed by atoms with Crippen LogP contribution in [0.2, 0.25) is 0 Å². The standard InChI is InChI=1S/C18H27NO4/c1-21-14-10-12(11-15(22-2)17(14)23-3)16-13-6-4-5-7-18(13,20)8-9-19-16/h10-11,13,16,19-20H,4-9H2,1-3H3. The van der Waals surface area contributed by atoms with Crippen molar-refractivity contribution in [2.24, 2.45) is 5.92 Å². The summed E-state index contributed by atoms with van der Waals surface area (Å²) in [7, 11) is 4.87. The van der Waals surface area contributed by atoms with Crippen molar-refractivity contribution in [3.63, 3.8) is 0 Å². The van der Waals surface area contributed by atoms with Crippen LogP contribution in [-0.4, -0.2) is 38.6 Å². The Morgan fingerprint density at radius 2 is 1.74 bits per heavy atom. The molecule has 0 spiro atoms. The van der Waals surface area contributed by atoms with Crippen LogP contribution in [0.4, 0.5) is 0 Å². The van der Waals surface area contributed by atoms with Gasteiger partial charge in [0.25, 0.3) is 0 Å². The molecular weight excluding hydrogens is 294 g/mol. The van der Waals surface area contributed by atoms with Gasteiger partial charge in [0.2, 0.25) is 5.75 Å². The SMILES string of the molecule is COc1cc(C2NCCC3(O)CCCCC23)cc(OC)c1OC. The Bertz CT molecular complexity index is 533. The van der Waals surface area contributed by atoms with Crippen LogP contribution in [-0.2, 0) is 0 Å². The largest absolute Gasteiger partial charge is 0.493 e. The molecule has 2 N–H and O–H groups in total. The lowest BCUT2D eigenvalue weighted by Crippen LogP contribution is -2.53. The molecule has 0 radical (unpaired) electrons. The van der Waals surface area contributed by atoms with Gasteiger partial charge in [0.15, 0.2) is 11.5 Å². The summed E-state index contributed by atoms with van der Waals surface area (Å²) < 4.78 is 16.4. The summed E-state index contributed by atoms with van der Waals surface area (Å²) in [6.07, 6.45) is 5.08. The Hall–Kier alpha value is -1.46. The number of methoxy groups -OCH3 is 3. The lowest BCUT2D eigenvalue weighted by Gasteiger charge is -2.48. The van der Waals surface area contributed by atoms with Gasteiger partial charge < -0.3 is 24.6 Å². The quantitative estimate of drug-likeness (QED) is 0.893. The number of ether oxygens (including phenoxy) is 3. The highest BCUT2D eigenvalue weighted by Gasteiger charge is 2.46. The van der Waals surface area contributed by atoms with Gasteiger partial charge in [-0.1, -0.05) is 12.8 Å². The van der Waals surface area contributed by atoms with Crippen LogP contribution in [0.15, 0.2) is 12.1 Å². The number of rotatable bonds is 4. The average Bonchev–Trinajstić information content (AvgIpc) is 2.59. The summed E-state index contributed by atoms with van der Waals surface area (Å²) in [5.74, 6) is 2.16. The lowest BCUT2D eigenvalue weighted by atomic mass is 9.67. The first-order valence-corrected chi connectivity index (χ1v) is 8.38. The summed E-state index contributed by atoms with van der Waals surface area (Å²) in [5.41, 5.74) is 0.540. The van der Waals surface area contributed by atoms with E-state index in [4.69, 9.17) is 14.2 Å². The Labute approximate surface area is 137 Å². The Morgan fingerprint density at radius 1 is 1.04 bits per heavy atom. The third kappa shape index (κ3) is 2.88. The van der Waals surface area contributed by atoms with Crippen molar-refractivity contribution >= 4 is 0 Å². The molecule has 3 rings (SSSR count). The smallest absolute Gasteiger partial charge is 0.203 e.